The Labute approximate surface area is 142 Å². The monoisotopic (exact) mass is 347 g/mol. The second kappa shape index (κ2) is 6.27. The molecular formula is C17H19F2N5O. The zero-order chi connectivity index (χ0) is 18.2. The number of alkyl halides is 1. The van der Waals surface area contributed by atoms with Crippen molar-refractivity contribution in [1.82, 2.24) is 19.7 Å². The van der Waals surface area contributed by atoms with Crippen LogP contribution in [-0.2, 0) is 5.54 Å². The summed E-state index contributed by atoms with van der Waals surface area (Å²) in [4.78, 5) is 19.2. The van der Waals surface area contributed by atoms with Crippen LogP contribution in [0.4, 0.5) is 14.7 Å². The second-order valence-electron chi connectivity index (χ2n) is 6.78. The molecule has 0 radical (unpaired) electrons. The Morgan fingerprint density at radius 1 is 1.28 bits per heavy atom. The van der Waals surface area contributed by atoms with Crippen molar-refractivity contribution in [2.75, 3.05) is 12.0 Å². The van der Waals surface area contributed by atoms with Gasteiger partial charge >= 0.3 is 0 Å². The fourth-order valence-electron chi connectivity index (χ4n) is 2.55. The lowest BCUT2D eigenvalue weighted by Gasteiger charge is -2.20. The first-order valence-electron chi connectivity index (χ1n) is 7.86. The summed E-state index contributed by atoms with van der Waals surface area (Å²) < 4.78 is 28.1. The topological polar surface area (TPSA) is 75.6 Å². The molecule has 0 amide bonds. The van der Waals surface area contributed by atoms with Gasteiger partial charge < -0.3 is 5.32 Å². The number of nitrogens with zero attached hydrogens (tertiary/aromatic N) is 3. The third-order valence-electron chi connectivity index (χ3n) is 3.81. The summed E-state index contributed by atoms with van der Waals surface area (Å²) in [5.41, 5.74) is 0.238. The highest BCUT2D eigenvalue weighted by Crippen LogP contribution is 2.21. The molecule has 2 heterocycles. The number of rotatable bonds is 4. The second-order valence-corrected chi connectivity index (χ2v) is 6.78. The third kappa shape index (κ3) is 3.38. The smallest absolute Gasteiger partial charge is 0.263 e. The van der Waals surface area contributed by atoms with Crippen LogP contribution in [-0.4, -0.2) is 26.4 Å². The fourth-order valence-corrected chi connectivity index (χ4v) is 2.55. The van der Waals surface area contributed by atoms with Crippen LogP contribution in [0.3, 0.4) is 0 Å². The predicted octanol–water partition coefficient (Wildman–Crippen LogP) is 3.14. The number of fused-ring (bicyclic) bond motifs is 1. The van der Waals surface area contributed by atoms with E-state index < -0.39 is 18.5 Å². The Morgan fingerprint density at radius 3 is 2.56 bits per heavy atom. The number of aromatic amines is 1. The van der Waals surface area contributed by atoms with Gasteiger partial charge in [-0.1, -0.05) is 12.1 Å². The number of benzene rings is 1. The Bertz CT molecular complexity index is 940. The van der Waals surface area contributed by atoms with Crippen LogP contribution in [0.15, 0.2) is 35.3 Å². The van der Waals surface area contributed by atoms with Crippen LogP contribution >= 0.6 is 0 Å². The summed E-state index contributed by atoms with van der Waals surface area (Å²) in [6.07, 6.45) is 1.46. The number of anilines is 1. The van der Waals surface area contributed by atoms with Gasteiger partial charge in [0.25, 0.3) is 5.56 Å². The lowest BCUT2D eigenvalue weighted by molar-refractivity contribution is 0.366. The van der Waals surface area contributed by atoms with Gasteiger partial charge in [0, 0.05) is 0 Å². The molecule has 2 N–H and O–H groups in total. The van der Waals surface area contributed by atoms with Crippen molar-refractivity contribution in [3.8, 4) is 0 Å². The molecule has 1 aromatic carbocycles. The molecule has 0 fully saturated rings. The molecule has 0 spiro atoms. The van der Waals surface area contributed by atoms with Gasteiger partial charge in [-0.15, -0.1) is 0 Å². The molecule has 6 nitrogen and oxygen atoms in total. The van der Waals surface area contributed by atoms with Crippen LogP contribution in [0.5, 0.6) is 0 Å². The van der Waals surface area contributed by atoms with E-state index in [0.717, 1.165) is 0 Å². The molecule has 8 heteroatoms. The van der Waals surface area contributed by atoms with Crippen LogP contribution in [0, 0.1) is 5.82 Å². The molecule has 2 aromatic heterocycles. The highest BCUT2D eigenvalue weighted by Gasteiger charge is 2.21. The van der Waals surface area contributed by atoms with Gasteiger partial charge in [0.15, 0.2) is 5.65 Å². The maximum Gasteiger partial charge on any atom is 0.263 e. The standard InChI is InChI=1S/C17H19F2N5O/c1-17(2,3)24-14-12(9-20-24)15(25)23-16(22-14)21-13(8-18)10-4-6-11(19)7-5-10/h4-7,9,13H,8H2,1-3H3,(H2,21,22,23,25). The summed E-state index contributed by atoms with van der Waals surface area (Å²) in [6, 6.07) is 4.74. The van der Waals surface area contributed by atoms with Crippen molar-refractivity contribution < 1.29 is 8.78 Å². The van der Waals surface area contributed by atoms with E-state index in [-0.39, 0.29) is 17.0 Å². The van der Waals surface area contributed by atoms with Gasteiger partial charge in [0.05, 0.1) is 17.8 Å². The quantitative estimate of drug-likeness (QED) is 0.760. The lowest BCUT2D eigenvalue weighted by atomic mass is 10.1. The van der Waals surface area contributed by atoms with E-state index in [1.165, 1.54) is 30.5 Å². The number of aromatic nitrogens is 4. The summed E-state index contributed by atoms with van der Waals surface area (Å²) in [5.74, 6) is -0.265. The van der Waals surface area contributed by atoms with E-state index in [1.54, 1.807) is 4.68 Å². The Hall–Kier alpha value is -2.77. The number of H-pyrrole nitrogens is 1. The molecule has 0 saturated heterocycles. The van der Waals surface area contributed by atoms with Crippen molar-refractivity contribution in [3.05, 3.63) is 52.2 Å². The highest BCUT2D eigenvalue weighted by molar-refractivity contribution is 5.74. The lowest BCUT2D eigenvalue weighted by Crippen LogP contribution is -2.25. The van der Waals surface area contributed by atoms with Crippen LogP contribution in [0.1, 0.15) is 32.4 Å². The molecule has 1 atom stereocenters. The minimum atomic E-state index is -0.757. The van der Waals surface area contributed by atoms with Crippen molar-refractivity contribution in [3.63, 3.8) is 0 Å². The van der Waals surface area contributed by atoms with Crippen molar-refractivity contribution in [2.45, 2.75) is 32.4 Å². The maximum absolute atomic E-state index is 13.5. The summed E-state index contributed by atoms with van der Waals surface area (Å²) in [5, 5.41) is 7.45. The molecule has 0 aliphatic heterocycles. The van der Waals surface area contributed by atoms with Gasteiger partial charge in [0.1, 0.15) is 17.9 Å². The molecule has 0 saturated carbocycles. The van der Waals surface area contributed by atoms with Crippen LogP contribution in [0.25, 0.3) is 11.0 Å². The van der Waals surface area contributed by atoms with Crippen molar-refractivity contribution in [1.29, 1.82) is 0 Å². The van der Waals surface area contributed by atoms with E-state index in [9.17, 15) is 13.6 Å². The first kappa shape index (κ1) is 17.1. The van der Waals surface area contributed by atoms with Crippen molar-refractivity contribution >= 4 is 17.0 Å². The average Bonchev–Trinajstić information content (AvgIpc) is 2.98. The van der Waals surface area contributed by atoms with Crippen LogP contribution < -0.4 is 10.9 Å². The SMILES string of the molecule is CC(C)(C)n1ncc2c(=O)[nH]c(NC(CF)c3ccc(F)cc3)nc21. The van der Waals surface area contributed by atoms with E-state index in [0.29, 0.717) is 16.6 Å². The first-order chi connectivity index (χ1) is 11.8. The highest BCUT2D eigenvalue weighted by atomic mass is 19.1. The molecule has 3 rings (SSSR count). The number of hydrogen-bond acceptors (Lipinski definition) is 4. The summed E-state index contributed by atoms with van der Waals surface area (Å²) >= 11 is 0. The fraction of sp³-hybridized carbons (Fsp3) is 0.353. The Kier molecular flexibility index (Phi) is 4.28. The third-order valence-corrected chi connectivity index (χ3v) is 3.81. The number of halogens is 2. The molecule has 0 aliphatic rings. The van der Waals surface area contributed by atoms with Crippen LogP contribution in [0.2, 0.25) is 0 Å². The van der Waals surface area contributed by atoms with E-state index >= 15 is 0 Å². The zero-order valence-electron chi connectivity index (χ0n) is 14.2. The largest absolute Gasteiger partial charge is 0.346 e. The van der Waals surface area contributed by atoms with Gasteiger partial charge in [-0.2, -0.15) is 10.1 Å². The van der Waals surface area contributed by atoms with Gasteiger partial charge in [-0.05, 0) is 38.5 Å². The number of nitrogens with one attached hydrogen (secondary N) is 2. The van der Waals surface area contributed by atoms with Gasteiger partial charge in [0.2, 0.25) is 5.95 Å². The number of hydrogen-bond donors (Lipinski definition) is 2. The maximum atomic E-state index is 13.5. The average molecular weight is 347 g/mol. The molecule has 25 heavy (non-hydrogen) atoms. The van der Waals surface area contributed by atoms with E-state index in [4.69, 9.17) is 0 Å². The molecule has 1 unspecified atom stereocenters. The summed E-state index contributed by atoms with van der Waals surface area (Å²) in [7, 11) is 0. The normalized spacial score (nSPS) is 13.2. The Balaban J connectivity index is 2.00. The minimum absolute atomic E-state index is 0.135. The molecule has 0 bridgehead atoms. The predicted molar refractivity (Wildman–Crippen MR) is 91.9 cm³/mol. The van der Waals surface area contributed by atoms with Gasteiger partial charge in [-0.3, -0.25) is 9.78 Å². The first-order valence-corrected chi connectivity index (χ1v) is 7.86. The molecule has 0 aliphatic carbocycles. The molecule has 3 aromatic rings. The van der Waals surface area contributed by atoms with E-state index in [1.807, 2.05) is 20.8 Å². The van der Waals surface area contributed by atoms with Gasteiger partial charge in [-0.25, -0.2) is 13.5 Å². The minimum Gasteiger partial charge on any atom is -0.346 e. The van der Waals surface area contributed by atoms with Crippen molar-refractivity contribution in [2.24, 2.45) is 0 Å². The Morgan fingerprint density at radius 2 is 1.96 bits per heavy atom. The summed E-state index contributed by atoms with van der Waals surface area (Å²) in [6.45, 7) is 5.08. The van der Waals surface area contributed by atoms with E-state index in [2.05, 4.69) is 20.4 Å². The molecule has 132 valence electrons. The molecular weight excluding hydrogens is 328 g/mol. The zero-order valence-corrected chi connectivity index (χ0v) is 14.2.